The lowest BCUT2D eigenvalue weighted by molar-refractivity contribution is -0.222. The van der Waals surface area contributed by atoms with Crippen molar-refractivity contribution >= 4 is 0 Å². The minimum absolute atomic E-state index is 0.303. The fourth-order valence-corrected chi connectivity index (χ4v) is 1.96. The maximum absolute atomic E-state index is 12.6. The van der Waals surface area contributed by atoms with E-state index in [2.05, 4.69) is 0 Å². The number of rotatable bonds is 0. The zero-order chi connectivity index (χ0) is 10.1. The van der Waals surface area contributed by atoms with E-state index in [1.54, 1.807) is 0 Å². The molecule has 0 N–H and O–H groups in total. The van der Waals surface area contributed by atoms with Gasteiger partial charge in [0, 0.05) is 0 Å². The summed E-state index contributed by atoms with van der Waals surface area (Å²) in [5.74, 6) is 0.462. The predicted molar refractivity (Wildman–Crippen MR) is 46.4 cm³/mol. The summed E-state index contributed by atoms with van der Waals surface area (Å²) in [6.07, 6.45) is -1.02. The van der Waals surface area contributed by atoms with Gasteiger partial charge in [0.1, 0.15) is 0 Å². The number of halogens is 3. The summed E-state index contributed by atoms with van der Waals surface area (Å²) >= 11 is 0. The Balaban J connectivity index is 2.68. The Morgan fingerprint density at radius 3 is 2.31 bits per heavy atom. The van der Waals surface area contributed by atoms with E-state index in [4.69, 9.17) is 0 Å². The van der Waals surface area contributed by atoms with Crippen molar-refractivity contribution in [1.82, 2.24) is 0 Å². The van der Waals surface area contributed by atoms with Crippen LogP contribution < -0.4 is 0 Å². The van der Waals surface area contributed by atoms with Gasteiger partial charge in [0.2, 0.25) is 0 Å². The molecular formula is C10H17F3. The molecule has 0 aromatic carbocycles. The largest absolute Gasteiger partial charge is 0.394 e. The summed E-state index contributed by atoms with van der Waals surface area (Å²) in [5.41, 5.74) is -1.42. The number of hydrogen-bond donors (Lipinski definition) is 0. The van der Waals surface area contributed by atoms with Gasteiger partial charge in [-0.05, 0) is 25.2 Å². The summed E-state index contributed by atoms with van der Waals surface area (Å²) in [6.45, 7) is 3.41. The minimum Gasteiger partial charge on any atom is -0.171 e. The minimum atomic E-state index is -4.02. The highest BCUT2D eigenvalue weighted by Crippen LogP contribution is 2.48. The molecule has 0 aromatic heterocycles. The van der Waals surface area contributed by atoms with Crippen LogP contribution in [0.1, 0.15) is 46.0 Å². The second-order valence-corrected chi connectivity index (χ2v) is 4.59. The Labute approximate surface area is 77.5 Å². The molecule has 13 heavy (non-hydrogen) atoms. The van der Waals surface area contributed by atoms with Crippen molar-refractivity contribution in [3.8, 4) is 0 Å². The van der Waals surface area contributed by atoms with Crippen LogP contribution in [0.2, 0.25) is 0 Å². The van der Waals surface area contributed by atoms with Crippen LogP contribution in [0, 0.1) is 11.3 Å². The van der Waals surface area contributed by atoms with Crippen molar-refractivity contribution in [2.75, 3.05) is 0 Å². The van der Waals surface area contributed by atoms with E-state index in [1.165, 1.54) is 6.92 Å². The molecule has 0 saturated heterocycles. The first-order chi connectivity index (χ1) is 5.85. The van der Waals surface area contributed by atoms with E-state index < -0.39 is 11.6 Å². The quantitative estimate of drug-likeness (QED) is 0.508. The fraction of sp³-hybridized carbons (Fsp3) is 1.00. The van der Waals surface area contributed by atoms with E-state index >= 15 is 0 Å². The molecule has 78 valence electrons. The van der Waals surface area contributed by atoms with Gasteiger partial charge in [-0.2, -0.15) is 13.2 Å². The molecule has 1 aliphatic carbocycles. The molecule has 0 heterocycles. The molecule has 0 spiro atoms. The van der Waals surface area contributed by atoms with Crippen molar-refractivity contribution in [3.63, 3.8) is 0 Å². The maximum Gasteiger partial charge on any atom is 0.394 e. The lowest BCUT2D eigenvalue weighted by atomic mass is 9.81. The smallest absolute Gasteiger partial charge is 0.171 e. The Morgan fingerprint density at radius 2 is 1.77 bits per heavy atom. The first-order valence-corrected chi connectivity index (χ1v) is 4.92. The molecule has 1 aliphatic rings. The summed E-state index contributed by atoms with van der Waals surface area (Å²) < 4.78 is 37.9. The van der Waals surface area contributed by atoms with Crippen LogP contribution in [-0.2, 0) is 0 Å². The van der Waals surface area contributed by atoms with Gasteiger partial charge in [-0.3, -0.25) is 0 Å². The van der Waals surface area contributed by atoms with E-state index in [0.29, 0.717) is 18.8 Å². The molecule has 0 aliphatic heterocycles. The van der Waals surface area contributed by atoms with Crippen LogP contribution in [-0.4, -0.2) is 6.18 Å². The van der Waals surface area contributed by atoms with Crippen LogP contribution in [0.5, 0.6) is 0 Å². The molecule has 0 nitrogen and oxygen atoms in total. The van der Waals surface area contributed by atoms with Crippen molar-refractivity contribution in [3.05, 3.63) is 0 Å². The third kappa shape index (κ3) is 2.38. The average Bonchev–Trinajstić information content (AvgIpc) is 2.13. The van der Waals surface area contributed by atoms with Gasteiger partial charge >= 0.3 is 6.18 Å². The lowest BCUT2D eigenvalue weighted by Gasteiger charge is -2.30. The molecule has 2 unspecified atom stereocenters. The van der Waals surface area contributed by atoms with Crippen molar-refractivity contribution in [2.45, 2.75) is 52.1 Å². The lowest BCUT2D eigenvalue weighted by Crippen LogP contribution is -2.34. The van der Waals surface area contributed by atoms with Gasteiger partial charge < -0.3 is 0 Å². The van der Waals surface area contributed by atoms with Crippen LogP contribution in [0.25, 0.3) is 0 Å². The standard InChI is InChI=1S/C10H17F3/c1-8-4-3-6-9(2,7-5-8)10(11,12)13/h8H,3-7H2,1-2H3. The van der Waals surface area contributed by atoms with Gasteiger partial charge in [-0.15, -0.1) is 0 Å². The summed E-state index contributed by atoms with van der Waals surface area (Å²) in [5, 5.41) is 0. The Hall–Kier alpha value is -0.210. The Kier molecular flexibility index (Phi) is 2.93. The Morgan fingerprint density at radius 1 is 1.15 bits per heavy atom. The monoisotopic (exact) mass is 194 g/mol. The van der Waals surface area contributed by atoms with Gasteiger partial charge in [0.25, 0.3) is 0 Å². The predicted octanol–water partition coefficient (Wildman–Crippen LogP) is 4.16. The highest BCUT2D eigenvalue weighted by Gasteiger charge is 2.50. The van der Waals surface area contributed by atoms with Crippen molar-refractivity contribution < 1.29 is 13.2 Å². The van der Waals surface area contributed by atoms with E-state index in [0.717, 1.165) is 19.3 Å². The van der Waals surface area contributed by atoms with E-state index in [9.17, 15) is 13.2 Å². The van der Waals surface area contributed by atoms with Gasteiger partial charge in [-0.1, -0.05) is 26.7 Å². The van der Waals surface area contributed by atoms with Crippen LogP contribution in [0.3, 0.4) is 0 Å². The molecular weight excluding hydrogens is 177 g/mol. The fourth-order valence-electron chi connectivity index (χ4n) is 1.96. The van der Waals surface area contributed by atoms with Crippen LogP contribution in [0.15, 0.2) is 0 Å². The summed E-state index contributed by atoms with van der Waals surface area (Å²) in [4.78, 5) is 0. The summed E-state index contributed by atoms with van der Waals surface area (Å²) in [7, 11) is 0. The number of hydrogen-bond acceptors (Lipinski definition) is 0. The second-order valence-electron chi connectivity index (χ2n) is 4.59. The van der Waals surface area contributed by atoms with Gasteiger partial charge in [0.15, 0.2) is 0 Å². The zero-order valence-corrected chi connectivity index (χ0v) is 8.25. The first kappa shape index (κ1) is 10.9. The third-order valence-corrected chi connectivity index (χ3v) is 3.30. The van der Waals surface area contributed by atoms with Crippen LogP contribution >= 0.6 is 0 Å². The molecule has 1 saturated carbocycles. The van der Waals surface area contributed by atoms with Gasteiger partial charge in [0.05, 0.1) is 5.41 Å². The van der Waals surface area contributed by atoms with Crippen molar-refractivity contribution in [1.29, 1.82) is 0 Å². The second kappa shape index (κ2) is 3.50. The van der Waals surface area contributed by atoms with E-state index in [1.807, 2.05) is 6.92 Å². The molecule has 0 radical (unpaired) electrons. The average molecular weight is 194 g/mol. The first-order valence-electron chi connectivity index (χ1n) is 4.92. The van der Waals surface area contributed by atoms with E-state index in [-0.39, 0.29) is 0 Å². The molecule has 1 rings (SSSR count). The topological polar surface area (TPSA) is 0 Å². The molecule has 2 atom stereocenters. The van der Waals surface area contributed by atoms with Crippen molar-refractivity contribution in [2.24, 2.45) is 11.3 Å². The maximum atomic E-state index is 12.6. The normalized spacial score (nSPS) is 37.2. The van der Waals surface area contributed by atoms with Crippen LogP contribution in [0.4, 0.5) is 13.2 Å². The SMILES string of the molecule is CC1CCCC(C)(C(F)(F)F)CC1. The highest BCUT2D eigenvalue weighted by atomic mass is 19.4. The molecule has 3 heteroatoms. The highest BCUT2D eigenvalue weighted by molar-refractivity contribution is 4.85. The molecule has 0 aromatic rings. The third-order valence-electron chi connectivity index (χ3n) is 3.30. The number of alkyl halides is 3. The summed E-state index contributed by atoms with van der Waals surface area (Å²) in [6, 6.07) is 0. The molecule has 0 bridgehead atoms. The zero-order valence-electron chi connectivity index (χ0n) is 8.25. The molecule has 1 fully saturated rings. The molecule has 0 amide bonds. The Bertz CT molecular complexity index is 173. The van der Waals surface area contributed by atoms with Gasteiger partial charge in [-0.25, -0.2) is 0 Å².